The molecule has 2 radical (unpaired) electrons. The number of carbonyl (C=O) groups excluding carboxylic acids is 1. The number of unbranched alkanes of at least 4 members (excludes halogenated alkanes) is 1. The summed E-state index contributed by atoms with van der Waals surface area (Å²) in [5, 5.41) is 0. The third-order valence-corrected chi connectivity index (χ3v) is 2.02. The molecule has 2 nitrogen and oxygen atoms in total. The summed E-state index contributed by atoms with van der Waals surface area (Å²) in [6.07, 6.45) is 4.15. The van der Waals surface area contributed by atoms with Gasteiger partial charge in [0.25, 0.3) is 0 Å². The molecule has 0 saturated carbocycles. The van der Waals surface area contributed by atoms with Gasteiger partial charge in [-0.1, -0.05) is 26.7 Å². The van der Waals surface area contributed by atoms with Gasteiger partial charge in [0.2, 0.25) is 0 Å². The third kappa shape index (κ3) is 7.35. The fraction of sp³-hybridized carbons (Fsp3) is 0.900. The first kappa shape index (κ1) is 15.7. The van der Waals surface area contributed by atoms with Crippen molar-refractivity contribution in [1.82, 2.24) is 0 Å². The molecule has 3 heteroatoms. The molecule has 74 valence electrons. The van der Waals surface area contributed by atoms with Gasteiger partial charge < -0.3 is 4.74 Å². The minimum Gasteiger partial charge on any atom is -0.466 e. The number of hydrogen-bond acceptors (Lipinski definition) is 2. The number of esters is 1. The molecule has 0 aliphatic carbocycles. The molecule has 0 aliphatic rings. The quantitative estimate of drug-likeness (QED) is 0.555. The molecule has 0 aromatic heterocycles. The van der Waals surface area contributed by atoms with E-state index in [0.717, 1.165) is 25.7 Å². The van der Waals surface area contributed by atoms with Crippen molar-refractivity contribution < 1.29 is 9.53 Å². The van der Waals surface area contributed by atoms with Crippen LogP contribution in [0.4, 0.5) is 0 Å². The van der Waals surface area contributed by atoms with Gasteiger partial charge in [0.15, 0.2) is 0 Å². The van der Waals surface area contributed by atoms with E-state index in [1.807, 2.05) is 13.8 Å². The van der Waals surface area contributed by atoms with Gasteiger partial charge >= 0.3 is 29.9 Å². The first-order valence-electron chi connectivity index (χ1n) is 4.92. The van der Waals surface area contributed by atoms with Crippen LogP contribution in [0.3, 0.4) is 0 Å². The first-order chi connectivity index (χ1) is 5.76. The topological polar surface area (TPSA) is 26.3 Å². The van der Waals surface area contributed by atoms with Crippen molar-refractivity contribution in [2.45, 2.75) is 46.5 Å². The second kappa shape index (κ2) is 10.4. The van der Waals surface area contributed by atoms with Gasteiger partial charge in [-0.25, -0.2) is 0 Å². The van der Waals surface area contributed by atoms with Gasteiger partial charge in [0.05, 0.1) is 12.5 Å². The number of rotatable bonds is 6. The van der Waals surface area contributed by atoms with Crippen LogP contribution in [0.1, 0.15) is 46.5 Å². The Morgan fingerprint density at radius 3 is 2.31 bits per heavy atom. The zero-order valence-electron chi connectivity index (χ0n) is 8.93. The maximum absolute atomic E-state index is 11.3. The predicted molar refractivity (Wildman–Crippen MR) is 55.7 cm³/mol. The van der Waals surface area contributed by atoms with Crippen LogP contribution in [0, 0.1) is 5.92 Å². The molecule has 13 heavy (non-hydrogen) atoms. The van der Waals surface area contributed by atoms with Crippen LogP contribution >= 0.6 is 0 Å². The standard InChI is InChI=1S/C10H20O2.Sn/c1-4-7-8-9(5-2)10(11)12-6-3;/h9H,4-8H2,1-3H3;/q;+2. The molecule has 0 spiro atoms. The van der Waals surface area contributed by atoms with Crippen molar-refractivity contribution in [3.05, 3.63) is 0 Å². The monoisotopic (exact) mass is 292 g/mol. The molecule has 1 atom stereocenters. The average Bonchev–Trinajstić information content (AvgIpc) is 2.06. The van der Waals surface area contributed by atoms with Gasteiger partial charge in [0, 0.05) is 0 Å². The van der Waals surface area contributed by atoms with Crippen LogP contribution in [0.15, 0.2) is 0 Å². The molecule has 0 aromatic rings. The summed E-state index contributed by atoms with van der Waals surface area (Å²) in [6.45, 7) is 6.53. The van der Waals surface area contributed by atoms with Gasteiger partial charge in [-0.2, -0.15) is 0 Å². The predicted octanol–water partition coefficient (Wildman–Crippen LogP) is 2.39. The van der Waals surface area contributed by atoms with E-state index in [9.17, 15) is 4.79 Å². The van der Waals surface area contributed by atoms with Crippen LogP contribution in [-0.2, 0) is 9.53 Å². The summed E-state index contributed by atoms with van der Waals surface area (Å²) >= 11 is 0. The molecule has 0 rings (SSSR count). The van der Waals surface area contributed by atoms with Crippen LogP contribution in [0.25, 0.3) is 0 Å². The summed E-state index contributed by atoms with van der Waals surface area (Å²) in [5.41, 5.74) is 0. The van der Waals surface area contributed by atoms with Crippen molar-refractivity contribution >= 4 is 29.9 Å². The van der Waals surface area contributed by atoms with E-state index in [1.165, 1.54) is 0 Å². The molecular formula is C10H20O2Sn+2. The van der Waals surface area contributed by atoms with Crippen LogP contribution in [-0.4, -0.2) is 36.5 Å². The summed E-state index contributed by atoms with van der Waals surface area (Å²) in [7, 11) is 0. The van der Waals surface area contributed by atoms with Gasteiger partial charge in [-0.05, 0) is 19.8 Å². The second-order valence-corrected chi connectivity index (χ2v) is 3.00. The van der Waals surface area contributed by atoms with Crippen molar-refractivity contribution in [3.8, 4) is 0 Å². The molecule has 0 heterocycles. The fourth-order valence-electron chi connectivity index (χ4n) is 1.20. The summed E-state index contributed by atoms with van der Waals surface area (Å²) in [4.78, 5) is 11.3. The Kier molecular flexibility index (Phi) is 12.5. The smallest absolute Gasteiger partial charge is 0.466 e. The molecule has 0 fully saturated rings. The number of carbonyl (C=O) groups is 1. The van der Waals surface area contributed by atoms with E-state index in [0.29, 0.717) is 6.61 Å². The Balaban J connectivity index is 0. The molecule has 1 unspecified atom stereocenters. The van der Waals surface area contributed by atoms with Gasteiger partial charge in [-0.15, -0.1) is 0 Å². The van der Waals surface area contributed by atoms with E-state index in [-0.39, 0.29) is 35.8 Å². The minimum atomic E-state index is -0.0200. The summed E-state index contributed by atoms with van der Waals surface area (Å²) in [5.74, 6) is 0.110. The first-order valence-corrected chi connectivity index (χ1v) is 4.92. The Labute approximate surface area is 98.4 Å². The summed E-state index contributed by atoms with van der Waals surface area (Å²) in [6, 6.07) is 0. The molecule has 0 aliphatic heterocycles. The van der Waals surface area contributed by atoms with E-state index >= 15 is 0 Å². The van der Waals surface area contributed by atoms with Crippen molar-refractivity contribution in [1.29, 1.82) is 0 Å². The van der Waals surface area contributed by atoms with Crippen molar-refractivity contribution in [2.75, 3.05) is 6.61 Å². The molecule has 0 aromatic carbocycles. The Hall–Kier alpha value is 0.269. The van der Waals surface area contributed by atoms with Crippen molar-refractivity contribution in [2.24, 2.45) is 5.92 Å². The number of ether oxygens (including phenoxy) is 1. The zero-order valence-corrected chi connectivity index (χ0v) is 11.8. The molecule has 0 N–H and O–H groups in total. The maximum atomic E-state index is 11.3. The van der Waals surface area contributed by atoms with Crippen LogP contribution in [0.2, 0.25) is 0 Å². The van der Waals surface area contributed by atoms with E-state index < -0.39 is 0 Å². The Bertz CT molecular complexity index is 126. The van der Waals surface area contributed by atoms with Gasteiger partial charge in [0.1, 0.15) is 0 Å². The van der Waals surface area contributed by atoms with E-state index in [2.05, 4.69) is 6.92 Å². The summed E-state index contributed by atoms with van der Waals surface area (Å²) < 4.78 is 4.95. The van der Waals surface area contributed by atoms with E-state index in [4.69, 9.17) is 4.74 Å². The van der Waals surface area contributed by atoms with Crippen LogP contribution in [0.5, 0.6) is 0 Å². The third-order valence-electron chi connectivity index (χ3n) is 2.02. The largest absolute Gasteiger partial charge is 2.00 e. The number of hydrogen-bond donors (Lipinski definition) is 0. The normalized spacial score (nSPS) is 11.6. The van der Waals surface area contributed by atoms with Crippen molar-refractivity contribution in [3.63, 3.8) is 0 Å². The van der Waals surface area contributed by atoms with Gasteiger partial charge in [-0.3, -0.25) is 4.79 Å². The second-order valence-electron chi connectivity index (χ2n) is 3.00. The maximum Gasteiger partial charge on any atom is 2.00 e. The zero-order chi connectivity index (χ0) is 9.40. The van der Waals surface area contributed by atoms with E-state index in [1.54, 1.807) is 0 Å². The van der Waals surface area contributed by atoms with Crippen LogP contribution < -0.4 is 0 Å². The molecule has 0 bridgehead atoms. The molecular weight excluding hydrogens is 271 g/mol. The average molecular weight is 291 g/mol. The fourth-order valence-corrected chi connectivity index (χ4v) is 1.20. The molecule has 0 amide bonds. The Morgan fingerprint density at radius 2 is 1.92 bits per heavy atom. The Morgan fingerprint density at radius 1 is 1.31 bits per heavy atom. The minimum absolute atomic E-state index is 0. The SMILES string of the molecule is CCCCC(CC)C(=O)OCC.[Sn+2]. The molecule has 0 saturated heterocycles.